The Hall–Kier alpha value is -2.68. The van der Waals surface area contributed by atoms with E-state index in [0.29, 0.717) is 38.5 Å². The molecule has 6 nitrogen and oxygen atoms in total. The van der Waals surface area contributed by atoms with Gasteiger partial charge < -0.3 is 13.9 Å². The number of benzene rings is 2. The number of amides is 2. The van der Waals surface area contributed by atoms with Gasteiger partial charge in [-0.3, -0.25) is 14.5 Å². The van der Waals surface area contributed by atoms with Crippen LogP contribution in [-0.2, 0) is 11.3 Å². The highest BCUT2D eigenvalue weighted by Crippen LogP contribution is 2.39. The minimum Gasteiger partial charge on any atom is -0.457 e. The van der Waals surface area contributed by atoms with E-state index < -0.39 is 5.91 Å². The van der Waals surface area contributed by atoms with E-state index in [1.807, 2.05) is 30.3 Å². The van der Waals surface area contributed by atoms with E-state index in [0.717, 1.165) is 26.7 Å². The summed E-state index contributed by atoms with van der Waals surface area (Å²) in [6.07, 6.45) is 1.58. The largest absolute Gasteiger partial charge is 0.457 e. The van der Waals surface area contributed by atoms with Crippen LogP contribution in [0.1, 0.15) is 11.3 Å². The Balaban J connectivity index is 1.36. The van der Waals surface area contributed by atoms with Gasteiger partial charge in [-0.15, -0.1) is 0 Å². The summed E-state index contributed by atoms with van der Waals surface area (Å²) in [4.78, 5) is 26.8. The van der Waals surface area contributed by atoms with Crippen LogP contribution < -0.4 is 9.47 Å². The first-order chi connectivity index (χ1) is 15.0. The molecule has 1 fully saturated rings. The van der Waals surface area contributed by atoms with Gasteiger partial charge in [0.1, 0.15) is 11.5 Å². The van der Waals surface area contributed by atoms with Crippen LogP contribution in [0.4, 0.5) is 4.79 Å². The fraction of sp³-hybridized carbons (Fsp3) is 0.0909. The number of fused-ring (bicyclic) bond motifs is 1. The van der Waals surface area contributed by atoms with Crippen molar-refractivity contribution in [3.05, 3.63) is 74.3 Å². The van der Waals surface area contributed by atoms with Crippen molar-refractivity contribution in [1.82, 2.24) is 4.90 Å². The van der Waals surface area contributed by atoms with Crippen molar-refractivity contribution in [2.45, 2.75) is 6.54 Å². The molecule has 2 aromatic carbocycles. The summed E-state index contributed by atoms with van der Waals surface area (Å²) < 4.78 is 17.5. The number of hydrogen-bond donors (Lipinski definition) is 0. The second kappa shape index (κ2) is 8.11. The minimum atomic E-state index is -0.398. The monoisotopic (exact) mass is 517 g/mol. The van der Waals surface area contributed by atoms with Crippen molar-refractivity contribution in [2.24, 2.45) is 0 Å². The third kappa shape index (κ3) is 3.98. The molecule has 0 N–H and O–H groups in total. The lowest BCUT2D eigenvalue weighted by Crippen LogP contribution is -2.27. The third-order valence-electron chi connectivity index (χ3n) is 4.77. The summed E-state index contributed by atoms with van der Waals surface area (Å²) in [6.45, 7) is 0.157. The summed E-state index contributed by atoms with van der Waals surface area (Å²) in [5, 5.41) is 0.0297. The zero-order valence-electron chi connectivity index (χ0n) is 15.8. The number of rotatable bonds is 4. The summed E-state index contributed by atoms with van der Waals surface area (Å²) in [5.41, 5.74) is 1.51. The molecule has 2 amide bonds. The van der Waals surface area contributed by atoms with Crippen molar-refractivity contribution in [3.8, 4) is 22.8 Å². The second-order valence-corrected chi connectivity index (χ2v) is 9.09. The Morgan fingerprint density at radius 1 is 1.06 bits per heavy atom. The van der Waals surface area contributed by atoms with Gasteiger partial charge in [0.05, 0.1) is 11.4 Å². The molecule has 3 heterocycles. The normalized spacial score (nSPS) is 16.6. The first kappa shape index (κ1) is 20.2. The Bertz CT molecular complexity index is 1240. The Kier molecular flexibility index (Phi) is 5.29. The first-order valence-corrected chi connectivity index (χ1v) is 11.2. The summed E-state index contributed by atoms with van der Waals surface area (Å²) in [6, 6.07) is 14.6. The van der Waals surface area contributed by atoms with Crippen molar-refractivity contribution >= 4 is 56.5 Å². The van der Waals surface area contributed by atoms with Gasteiger partial charge in [0.2, 0.25) is 6.79 Å². The lowest BCUT2D eigenvalue weighted by atomic mass is 10.2. The number of ether oxygens (including phenoxy) is 2. The first-order valence-electron chi connectivity index (χ1n) is 9.17. The van der Waals surface area contributed by atoms with Gasteiger partial charge in [-0.1, -0.05) is 39.7 Å². The lowest BCUT2D eigenvalue weighted by Gasteiger charge is -2.14. The molecule has 31 heavy (non-hydrogen) atoms. The molecule has 0 radical (unpaired) electrons. The van der Waals surface area contributed by atoms with E-state index in [1.54, 1.807) is 24.3 Å². The van der Waals surface area contributed by atoms with Crippen molar-refractivity contribution in [2.75, 3.05) is 6.79 Å². The van der Waals surface area contributed by atoms with Crippen LogP contribution in [0, 0.1) is 0 Å². The molecular weight excluding hydrogens is 506 g/mol. The van der Waals surface area contributed by atoms with Gasteiger partial charge in [-0.2, -0.15) is 0 Å². The summed E-state index contributed by atoms with van der Waals surface area (Å²) >= 11 is 10.6. The average Bonchev–Trinajstić information content (AvgIpc) is 3.45. The van der Waals surface area contributed by atoms with E-state index >= 15 is 0 Å². The van der Waals surface area contributed by atoms with Crippen LogP contribution >= 0.6 is 39.3 Å². The predicted octanol–water partition coefficient (Wildman–Crippen LogP) is 6.33. The van der Waals surface area contributed by atoms with Crippen molar-refractivity contribution in [3.63, 3.8) is 0 Å². The molecular formula is C22H13BrClNO5S. The van der Waals surface area contributed by atoms with Gasteiger partial charge >= 0.3 is 0 Å². The van der Waals surface area contributed by atoms with Gasteiger partial charge in [0.25, 0.3) is 11.1 Å². The fourth-order valence-corrected chi connectivity index (χ4v) is 4.51. The topological polar surface area (TPSA) is 69.0 Å². The highest BCUT2D eigenvalue weighted by molar-refractivity contribution is 9.10. The summed E-state index contributed by atoms with van der Waals surface area (Å²) in [7, 11) is 0. The van der Waals surface area contributed by atoms with Gasteiger partial charge in [0, 0.05) is 27.2 Å². The number of hydrogen-bond acceptors (Lipinski definition) is 6. The van der Waals surface area contributed by atoms with E-state index in [4.69, 9.17) is 25.5 Å². The molecule has 2 aliphatic rings. The van der Waals surface area contributed by atoms with Gasteiger partial charge in [0.15, 0.2) is 11.5 Å². The molecule has 0 spiro atoms. The molecule has 156 valence electrons. The predicted molar refractivity (Wildman–Crippen MR) is 121 cm³/mol. The average molecular weight is 519 g/mol. The van der Waals surface area contributed by atoms with Crippen LogP contribution in [0.2, 0.25) is 5.02 Å². The maximum Gasteiger partial charge on any atom is 0.293 e. The number of nitrogens with zero attached hydrogens (tertiary/aromatic N) is 1. The molecule has 0 unspecified atom stereocenters. The molecule has 0 saturated carbocycles. The number of carbonyl (C=O) groups is 2. The zero-order valence-corrected chi connectivity index (χ0v) is 18.9. The third-order valence-corrected chi connectivity index (χ3v) is 6.56. The molecule has 5 rings (SSSR count). The number of halogens is 2. The Morgan fingerprint density at radius 2 is 1.81 bits per heavy atom. The van der Waals surface area contributed by atoms with E-state index in [1.165, 1.54) is 0 Å². The van der Waals surface area contributed by atoms with Crippen molar-refractivity contribution < 1.29 is 23.5 Å². The molecule has 2 aliphatic heterocycles. The number of carbonyl (C=O) groups excluding carboxylic acids is 2. The van der Waals surface area contributed by atoms with E-state index in [2.05, 4.69) is 15.9 Å². The standard InChI is InChI=1S/C22H13BrClNO5S/c23-14-3-1-12(2-4-14)17-6-5-15(30-17)8-20-21(26)25(22(27)31-20)10-13-7-18-19(9-16(13)24)29-11-28-18/h1-9H,10-11H2/b20-8+. The molecule has 0 aliphatic carbocycles. The van der Waals surface area contributed by atoms with Crippen LogP contribution in [0.5, 0.6) is 11.5 Å². The van der Waals surface area contributed by atoms with Gasteiger partial charge in [-0.25, -0.2) is 0 Å². The Labute approximate surface area is 194 Å². The molecule has 9 heteroatoms. The van der Waals surface area contributed by atoms with E-state index in [-0.39, 0.29) is 18.6 Å². The van der Waals surface area contributed by atoms with Crippen molar-refractivity contribution in [1.29, 1.82) is 0 Å². The van der Waals surface area contributed by atoms with Gasteiger partial charge in [-0.05, 0) is 47.7 Å². The number of furan rings is 1. The molecule has 0 bridgehead atoms. The lowest BCUT2D eigenvalue weighted by molar-refractivity contribution is -0.123. The minimum absolute atomic E-state index is 0.0414. The number of thioether (sulfide) groups is 1. The molecule has 1 saturated heterocycles. The second-order valence-electron chi connectivity index (χ2n) is 6.77. The fourth-order valence-electron chi connectivity index (χ4n) is 3.22. The zero-order chi connectivity index (χ0) is 21.5. The highest BCUT2D eigenvalue weighted by atomic mass is 79.9. The highest BCUT2D eigenvalue weighted by Gasteiger charge is 2.36. The molecule has 1 aromatic heterocycles. The van der Waals surface area contributed by atoms with Crippen LogP contribution in [0.25, 0.3) is 17.4 Å². The molecule has 0 atom stereocenters. The smallest absolute Gasteiger partial charge is 0.293 e. The van der Waals surface area contributed by atoms with E-state index in [9.17, 15) is 9.59 Å². The van der Waals surface area contributed by atoms with Crippen LogP contribution in [0.3, 0.4) is 0 Å². The van der Waals surface area contributed by atoms with Crippen LogP contribution in [-0.4, -0.2) is 22.8 Å². The Morgan fingerprint density at radius 3 is 2.58 bits per heavy atom. The quantitative estimate of drug-likeness (QED) is 0.376. The molecule has 3 aromatic rings. The number of imide groups is 1. The SMILES string of the molecule is O=C1S/C(=C/c2ccc(-c3ccc(Br)cc3)o2)C(=O)N1Cc1cc2c(cc1Cl)OCO2. The maximum absolute atomic E-state index is 12.9. The van der Waals surface area contributed by atoms with Crippen LogP contribution in [0.15, 0.2) is 62.3 Å². The summed E-state index contributed by atoms with van der Waals surface area (Å²) in [5.74, 6) is 1.85. The maximum atomic E-state index is 12.9.